The summed E-state index contributed by atoms with van der Waals surface area (Å²) < 4.78 is 12.6. The number of ether oxygens (including phenoxy) is 2. The van der Waals surface area contributed by atoms with Crippen LogP contribution in [-0.2, 0) is 11.2 Å². The van der Waals surface area contributed by atoms with Crippen LogP contribution in [0.1, 0.15) is 38.7 Å². The second-order valence-electron chi connectivity index (χ2n) is 6.45. The molecular weight excluding hydrogens is 372 g/mol. The number of nitrogens with one attached hydrogen (secondary N) is 1. The van der Waals surface area contributed by atoms with Crippen LogP contribution in [0.4, 0.5) is 5.13 Å². The predicted octanol–water partition coefficient (Wildman–Crippen LogP) is 5.45. The van der Waals surface area contributed by atoms with E-state index < -0.39 is 0 Å². The number of aromatic nitrogens is 1. The van der Waals surface area contributed by atoms with Gasteiger partial charge in [-0.1, -0.05) is 42.9 Å². The van der Waals surface area contributed by atoms with Crippen molar-refractivity contribution in [3.05, 3.63) is 48.0 Å². The minimum Gasteiger partial charge on any atom is -0.490 e. The molecule has 0 spiro atoms. The van der Waals surface area contributed by atoms with Crippen LogP contribution in [0, 0.1) is 0 Å². The molecule has 1 aromatic heterocycles. The van der Waals surface area contributed by atoms with E-state index in [0.29, 0.717) is 31.2 Å². The Labute approximate surface area is 169 Å². The first-order valence-electron chi connectivity index (χ1n) is 9.73. The monoisotopic (exact) mass is 398 g/mol. The number of anilines is 1. The fourth-order valence-electron chi connectivity index (χ4n) is 2.79. The zero-order chi connectivity index (χ0) is 19.8. The van der Waals surface area contributed by atoms with E-state index in [1.165, 1.54) is 11.3 Å². The third kappa shape index (κ3) is 5.45. The highest BCUT2D eigenvalue weighted by molar-refractivity contribution is 7.22. The number of hydrogen-bond donors (Lipinski definition) is 1. The molecule has 1 N–H and O–H groups in total. The van der Waals surface area contributed by atoms with Gasteiger partial charge in [0.15, 0.2) is 16.6 Å². The molecule has 0 aliphatic carbocycles. The molecule has 0 bridgehead atoms. The van der Waals surface area contributed by atoms with Crippen molar-refractivity contribution in [2.75, 3.05) is 18.5 Å². The molecule has 0 aliphatic heterocycles. The fourth-order valence-corrected chi connectivity index (χ4v) is 3.67. The van der Waals surface area contributed by atoms with Crippen LogP contribution >= 0.6 is 11.3 Å². The van der Waals surface area contributed by atoms with Crippen LogP contribution < -0.4 is 14.8 Å². The number of aryl methyl sites for hydroxylation is 1. The lowest BCUT2D eigenvalue weighted by Gasteiger charge is -2.13. The van der Waals surface area contributed by atoms with Gasteiger partial charge < -0.3 is 14.8 Å². The summed E-state index contributed by atoms with van der Waals surface area (Å²) in [5, 5.41) is 3.54. The Kier molecular flexibility index (Phi) is 7.25. The van der Waals surface area contributed by atoms with Gasteiger partial charge in [-0.15, -0.1) is 0 Å². The van der Waals surface area contributed by atoms with Gasteiger partial charge in [-0.3, -0.25) is 4.79 Å². The van der Waals surface area contributed by atoms with Gasteiger partial charge in [0.2, 0.25) is 5.91 Å². The predicted molar refractivity (Wildman–Crippen MR) is 115 cm³/mol. The van der Waals surface area contributed by atoms with Crippen molar-refractivity contribution in [3.63, 3.8) is 0 Å². The van der Waals surface area contributed by atoms with E-state index in [1.54, 1.807) is 0 Å². The van der Waals surface area contributed by atoms with E-state index in [2.05, 4.69) is 17.2 Å². The largest absolute Gasteiger partial charge is 0.490 e. The molecule has 3 aromatic rings. The van der Waals surface area contributed by atoms with Gasteiger partial charge in [-0.05, 0) is 49.6 Å². The van der Waals surface area contributed by atoms with E-state index in [0.717, 1.165) is 40.1 Å². The van der Waals surface area contributed by atoms with Gasteiger partial charge >= 0.3 is 0 Å². The normalized spacial score (nSPS) is 10.8. The van der Waals surface area contributed by atoms with Crippen molar-refractivity contribution in [1.29, 1.82) is 0 Å². The number of fused-ring (bicyclic) bond motifs is 1. The summed E-state index contributed by atoms with van der Waals surface area (Å²) in [6.45, 7) is 5.34. The molecule has 2 aromatic carbocycles. The minimum absolute atomic E-state index is 0.0414. The molecule has 1 amide bonds. The van der Waals surface area contributed by atoms with Gasteiger partial charge in [-0.2, -0.15) is 0 Å². The minimum atomic E-state index is -0.0414. The van der Waals surface area contributed by atoms with Crippen LogP contribution in [0.25, 0.3) is 10.2 Å². The zero-order valence-electron chi connectivity index (χ0n) is 16.4. The van der Waals surface area contributed by atoms with E-state index in [9.17, 15) is 4.79 Å². The quantitative estimate of drug-likeness (QED) is 0.462. The molecule has 0 saturated heterocycles. The summed E-state index contributed by atoms with van der Waals surface area (Å²) in [6, 6.07) is 13.8. The van der Waals surface area contributed by atoms with Crippen LogP contribution in [0.3, 0.4) is 0 Å². The average Bonchev–Trinajstić information content (AvgIpc) is 3.10. The summed E-state index contributed by atoms with van der Waals surface area (Å²) >= 11 is 1.49. The van der Waals surface area contributed by atoms with Crippen LogP contribution in [-0.4, -0.2) is 24.1 Å². The van der Waals surface area contributed by atoms with Crippen molar-refractivity contribution in [2.45, 2.75) is 39.5 Å². The molecule has 3 rings (SSSR count). The molecule has 0 radical (unpaired) electrons. The molecule has 0 atom stereocenters. The second kappa shape index (κ2) is 10.1. The second-order valence-corrected chi connectivity index (χ2v) is 7.48. The Balaban J connectivity index is 1.58. The Morgan fingerprint density at radius 2 is 1.96 bits per heavy atom. The number of carbonyl (C=O) groups excluding carboxylic acids is 1. The zero-order valence-corrected chi connectivity index (χ0v) is 17.2. The highest BCUT2D eigenvalue weighted by Crippen LogP contribution is 2.29. The molecule has 5 nitrogen and oxygen atoms in total. The molecule has 28 heavy (non-hydrogen) atoms. The smallest absolute Gasteiger partial charge is 0.226 e. The van der Waals surface area contributed by atoms with Crippen molar-refractivity contribution < 1.29 is 14.3 Å². The summed E-state index contributed by atoms with van der Waals surface area (Å²) in [5.74, 6) is 1.46. The number of thiazole rings is 1. The van der Waals surface area contributed by atoms with Gasteiger partial charge in [-0.25, -0.2) is 4.98 Å². The highest BCUT2D eigenvalue weighted by atomic mass is 32.1. The number of benzene rings is 2. The van der Waals surface area contributed by atoms with Crippen molar-refractivity contribution in [2.24, 2.45) is 0 Å². The van der Waals surface area contributed by atoms with Crippen molar-refractivity contribution in [1.82, 2.24) is 4.98 Å². The Morgan fingerprint density at radius 3 is 2.75 bits per heavy atom. The van der Waals surface area contributed by atoms with Crippen molar-refractivity contribution in [3.8, 4) is 11.5 Å². The first-order valence-corrected chi connectivity index (χ1v) is 10.5. The molecule has 0 aliphatic rings. The molecule has 148 valence electrons. The number of nitrogens with zero attached hydrogens (tertiary/aromatic N) is 1. The molecule has 0 fully saturated rings. The number of hydrogen-bond acceptors (Lipinski definition) is 5. The van der Waals surface area contributed by atoms with Gasteiger partial charge in [0, 0.05) is 6.42 Å². The summed E-state index contributed by atoms with van der Waals surface area (Å²) in [4.78, 5) is 16.8. The Hall–Kier alpha value is -2.60. The molecule has 6 heteroatoms. The van der Waals surface area contributed by atoms with E-state index in [1.807, 2.05) is 49.4 Å². The SMILES string of the molecule is CCCCOc1ccc(CCC(=O)Nc2nc3ccccc3s2)cc1OCC. The molecular formula is C22H26N2O3S. The van der Waals surface area contributed by atoms with Crippen LogP contribution in [0.2, 0.25) is 0 Å². The van der Waals surface area contributed by atoms with Crippen LogP contribution in [0.15, 0.2) is 42.5 Å². The molecule has 1 heterocycles. The number of unbranched alkanes of at least 4 members (excludes halogenated alkanes) is 1. The van der Waals surface area contributed by atoms with Crippen LogP contribution in [0.5, 0.6) is 11.5 Å². The fraction of sp³-hybridized carbons (Fsp3) is 0.364. The summed E-state index contributed by atoms with van der Waals surface area (Å²) in [6.07, 6.45) is 3.12. The number of amides is 1. The van der Waals surface area contributed by atoms with Gasteiger partial charge in [0.1, 0.15) is 0 Å². The number of para-hydroxylation sites is 1. The third-order valence-corrected chi connectivity index (χ3v) is 5.20. The van der Waals surface area contributed by atoms with E-state index in [-0.39, 0.29) is 5.91 Å². The maximum atomic E-state index is 12.3. The van der Waals surface area contributed by atoms with Gasteiger partial charge in [0.25, 0.3) is 0 Å². The van der Waals surface area contributed by atoms with Gasteiger partial charge in [0.05, 0.1) is 23.4 Å². The first-order chi connectivity index (χ1) is 13.7. The lowest BCUT2D eigenvalue weighted by atomic mass is 10.1. The van der Waals surface area contributed by atoms with Crippen molar-refractivity contribution >= 4 is 32.6 Å². The highest BCUT2D eigenvalue weighted by Gasteiger charge is 2.10. The lowest BCUT2D eigenvalue weighted by Crippen LogP contribution is -2.12. The lowest BCUT2D eigenvalue weighted by molar-refractivity contribution is -0.116. The Bertz CT molecular complexity index is 890. The third-order valence-electron chi connectivity index (χ3n) is 4.24. The molecule has 0 saturated carbocycles. The Morgan fingerprint density at radius 1 is 1.11 bits per heavy atom. The maximum absolute atomic E-state index is 12.3. The molecule has 0 unspecified atom stereocenters. The number of carbonyl (C=O) groups is 1. The summed E-state index contributed by atoms with van der Waals surface area (Å²) in [5.41, 5.74) is 1.95. The van der Waals surface area contributed by atoms with E-state index in [4.69, 9.17) is 9.47 Å². The number of rotatable bonds is 10. The first kappa shape index (κ1) is 20.1. The average molecular weight is 399 g/mol. The summed E-state index contributed by atoms with van der Waals surface area (Å²) in [7, 11) is 0. The standard InChI is InChI=1S/C22H26N2O3S/c1-3-5-14-27-18-12-10-16(15-19(18)26-4-2)11-13-21(25)24-22-23-17-8-6-7-9-20(17)28-22/h6-10,12,15H,3-5,11,13-14H2,1-2H3,(H,23,24,25). The topological polar surface area (TPSA) is 60.5 Å². The maximum Gasteiger partial charge on any atom is 0.226 e. The van der Waals surface area contributed by atoms with E-state index >= 15 is 0 Å².